The standard InChI is InChI=1S/4Al.4K.4Na.5H2O4S.5O3Si.4H2O/c;;;;;;;;;;;;5*1-5(2,3)4;5*1-4(2)3;;;;/h;;;;;;;;;;;;5*(H2,1,2,3,4);;;;;;4*1H2/q4*+3;8*+1;;;;;;5*-2;;;;/p-10. The quantitative estimate of drug-likeness (QED) is 0.123. The molecule has 0 aliphatic heterocycles. The first-order valence-corrected chi connectivity index (χ1v) is 19.2. The molecule has 0 aromatic carbocycles. The largest absolute Gasteiger partial charge is 3.00 e. The van der Waals surface area contributed by atoms with Gasteiger partial charge in [0.1, 0.15) is 0 Å². The van der Waals surface area contributed by atoms with Crippen LogP contribution in [0.3, 0.4) is 0 Å². The van der Waals surface area contributed by atoms with Crippen LogP contribution in [-0.2, 0) is 74.3 Å². The Morgan fingerprint density at radius 3 is 0.230 bits per heavy atom. The first-order chi connectivity index (χ1) is 18.7. The van der Waals surface area contributed by atoms with E-state index in [1.165, 1.54) is 0 Å². The molecule has 0 saturated heterocycles. The second kappa shape index (κ2) is 110. The van der Waals surface area contributed by atoms with E-state index in [1.807, 2.05) is 0 Å². The summed E-state index contributed by atoms with van der Waals surface area (Å²) < 4.78 is 213. The van der Waals surface area contributed by atoms with Crippen LogP contribution in [0.5, 0.6) is 0 Å². The monoisotopic (exact) mass is 1290 g/mol. The molecule has 0 fully saturated rings. The molecule has 0 aliphatic carbocycles. The maximum absolute atomic E-state index is 8.52. The van der Waals surface area contributed by atoms with Crippen molar-refractivity contribution in [2.24, 2.45) is 0 Å². The van der Waals surface area contributed by atoms with Crippen LogP contribution in [-0.4, -0.2) is 225 Å². The van der Waals surface area contributed by atoms with Gasteiger partial charge < -0.3 is 138 Å². The number of rotatable bonds is 0. The van der Waals surface area contributed by atoms with Crippen molar-refractivity contribution in [2.45, 2.75) is 0 Å². The van der Waals surface area contributed by atoms with Crippen molar-refractivity contribution in [3.8, 4) is 0 Å². The maximum atomic E-state index is 8.52. The zero-order valence-corrected chi connectivity index (χ0v) is 65.3. The average Bonchev–Trinajstić information content (AvgIpc) is 2.41. The van der Waals surface area contributed by atoms with Crippen LogP contribution in [0.2, 0.25) is 0 Å². The molecule has 0 amide bonds. The molecule has 0 heterocycles. The van der Waals surface area contributed by atoms with Crippen LogP contribution in [0, 0.1) is 0 Å². The van der Waals surface area contributed by atoms with Crippen molar-refractivity contribution < 1.29 is 504 Å². The Hall–Kier alpha value is 9.95. The first-order valence-electron chi connectivity index (χ1n) is 6.40. The first kappa shape index (κ1) is 172. The van der Waals surface area contributed by atoms with Crippen molar-refractivity contribution in [1.82, 2.24) is 0 Å². The summed E-state index contributed by atoms with van der Waals surface area (Å²) in [5.74, 6) is 0. The van der Waals surface area contributed by atoms with Gasteiger partial charge in [0.15, 0.2) is 0 Å². The fraction of sp³-hybridized carbons (Fsp3) is 0. The summed E-state index contributed by atoms with van der Waals surface area (Å²) in [4.78, 5) is 85.2. The smallest absolute Gasteiger partial charge is 0.759 e. The molecule has 61 heteroatoms. The van der Waals surface area contributed by atoms with Gasteiger partial charge in [0, 0.05) is 97.8 Å². The summed E-state index contributed by atoms with van der Waals surface area (Å²) in [5, 5.41) is 0. The molecule has 0 atom stereocenters. The predicted octanol–water partition coefficient (Wildman–Crippen LogP) is -49.9. The van der Waals surface area contributed by atoms with Gasteiger partial charge in [-0.2, -0.15) is 0 Å². The van der Waals surface area contributed by atoms with Gasteiger partial charge in [-0.1, -0.05) is 0 Å². The van der Waals surface area contributed by atoms with E-state index in [2.05, 4.69) is 0 Å². The van der Waals surface area contributed by atoms with E-state index in [1.54, 1.807) is 0 Å². The average molecular weight is 1290 g/mol. The second-order valence-corrected chi connectivity index (χ2v) is 9.87. The number of hydrogen-bond donors (Lipinski definition) is 0. The Labute approximate surface area is 654 Å². The van der Waals surface area contributed by atoms with Gasteiger partial charge in [-0.3, -0.25) is 42.1 Å². The van der Waals surface area contributed by atoms with Crippen LogP contribution in [0.25, 0.3) is 0 Å². The molecule has 0 aliphatic rings. The van der Waals surface area contributed by atoms with Crippen molar-refractivity contribution in [3.63, 3.8) is 0 Å². The Kier molecular flexibility index (Phi) is 310. The van der Waals surface area contributed by atoms with Gasteiger partial charge in [0.2, 0.25) is 0 Å². The van der Waals surface area contributed by atoms with Crippen LogP contribution in [0.15, 0.2) is 0 Å². The molecular formula is H8Al4K4Na4O39S5Si5. The van der Waals surface area contributed by atoms with Gasteiger partial charge in [0.05, 0.1) is 0 Å². The molecule has 0 bridgehead atoms. The molecule has 0 radical (unpaired) electrons. The van der Waals surface area contributed by atoms with Crippen molar-refractivity contribution in [3.05, 3.63) is 0 Å². The van der Waals surface area contributed by atoms with Crippen molar-refractivity contribution >= 4 is 167 Å². The molecule has 0 saturated carbocycles. The molecule has 0 rings (SSSR count). The third-order valence-corrected chi connectivity index (χ3v) is 0. The minimum atomic E-state index is -5.17. The van der Waals surface area contributed by atoms with E-state index in [9.17, 15) is 0 Å². The van der Waals surface area contributed by atoms with Gasteiger partial charge in [-0.25, -0.2) is 0 Å². The van der Waals surface area contributed by atoms with E-state index in [0.717, 1.165) is 0 Å². The van der Waals surface area contributed by atoms with Gasteiger partial charge in [-0.15, -0.1) is 0 Å². The van der Waals surface area contributed by atoms with Crippen LogP contribution < -0.4 is 372 Å². The molecule has 39 nitrogen and oxygen atoms in total. The summed E-state index contributed by atoms with van der Waals surface area (Å²) in [6, 6.07) is 0. The van der Waals surface area contributed by atoms with Gasteiger partial charge in [-0.05, 0) is 0 Å². The summed E-state index contributed by atoms with van der Waals surface area (Å²) in [6.45, 7) is 0. The Morgan fingerprint density at radius 1 is 0.230 bits per heavy atom. The molecule has 61 heavy (non-hydrogen) atoms. The van der Waals surface area contributed by atoms with Crippen LogP contribution in [0.1, 0.15) is 0 Å². The molecule has 0 spiro atoms. The molecule has 0 unspecified atom stereocenters. The van der Waals surface area contributed by atoms with Crippen LogP contribution >= 0.6 is 0 Å². The Morgan fingerprint density at radius 2 is 0.230 bits per heavy atom. The van der Waals surface area contributed by atoms with E-state index in [-0.39, 0.29) is 415 Å². The van der Waals surface area contributed by atoms with E-state index in [4.69, 9.17) is 158 Å². The van der Waals surface area contributed by atoms with Crippen molar-refractivity contribution in [2.75, 3.05) is 0 Å². The second-order valence-electron chi connectivity index (χ2n) is 3.29. The fourth-order valence-corrected chi connectivity index (χ4v) is 0. The van der Waals surface area contributed by atoms with E-state index in [0.29, 0.717) is 0 Å². The third-order valence-electron chi connectivity index (χ3n) is 0. The Bertz CT molecular complexity index is 1060. The molecule has 0 aromatic heterocycles. The van der Waals surface area contributed by atoms with Crippen molar-refractivity contribution in [1.29, 1.82) is 0 Å². The predicted molar refractivity (Wildman–Crippen MR) is 122 cm³/mol. The topological polar surface area (TPSA) is 843 Å². The summed E-state index contributed by atoms with van der Waals surface area (Å²) in [7, 11) is -44.0. The minimum Gasteiger partial charge on any atom is -0.759 e. The SMILES string of the molecule is O.O.O.O.O=S(=O)([O-])[O-].O=S(=O)([O-])[O-].O=S(=O)([O-])[O-].O=S(=O)([O-])[O-].O=S(=O)([O-])[O-].O=[Si]([O-])[O-].O=[Si]([O-])[O-].O=[Si]([O-])[O-].O=[Si]([O-])[O-].O=[Si]([O-])[O-].[Al+3].[Al+3].[Al+3].[Al+3].[K+].[K+].[K+].[K+].[Na+].[Na+].[Na+].[Na+]. The summed E-state index contributed by atoms with van der Waals surface area (Å²) in [6.07, 6.45) is 0. The number of hydrogen-bond acceptors (Lipinski definition) is 35. The minimum absolute atomic E-state index is 0. The zero-order chi connectivity index (χ0) is 40.4. The van der Waals surface area contributed by atoms with E-state index < -0.39 is 97.8 Å². The molecular weight excluding hydrogens is 1280 g/mol. The summed E-state index contributed by atoms with van der Waals surface area (Å²) in [5.41, 5.74) is 0. The molecule has 8 N–H and O–H groups in total. The Balaban J connectivity index is -0.00000000905. The van der Waals surface area contributed by atoms with Gasteiger partial charge in [0.25, 0.3) is 0 Å². The fourth-order valence-electron chi connectivity index (χ4n) is 0. The zero-order valence-electron chi connectivity index (χ0n) is 31.1. The maximum Gasteiger partial charge on any atom is 3.00 e. The molecule has 0 aromatic rings. The molecule has 312 valence electrons. The van der Waals surface area contributed by atoms with Gasteiger partial charge >= 0.3 is 393 Å². The summed E-state index contributed by atoms with van der Waals surface area (Å²) >= 11 is 0. The normalized spacial score (nSPS) is 6.72. The third kappa shape index (κ3) is 3260. The van der Waals surface area contributed by atoms with E-state index >= 15 is 0 Å². The van der Waals surface area contributed by atoms with Crippen LogP contribution in [0.4, 0.5) is 0 Å².